The third-order valence-electron chi connectivity index (χ3n) is 5.05. The van der Waals surface area contributed by atoms with E-state index < -0.39 is 0 Å². The number of urea groups is 1. The van der Waals surface area contributed by atoms with Crippen LogP contribution in [0.2, 0.25) is 0 Å². The lowest BCUT2D eigenvalue weighted by atomic mass is 9.85. The number of nitrogens with zero attached hydrogens (tertiary/aromatic N) is 2. The number of hydrogen-bond acceptors (Lipinski definition) is 3. The molecule has 0 saturated carbocycles. The Hall–Kier alpha value is -1.49. The predicted molar refractivity (Wildman–Crippen MR) is 90.2 cm³/mol. The predicted octanol–water partition coefficient (Wildman–Crippen LogP) is 3.25. The van der Waals surface area contributed by atoms with Crippen LogP contribution in [0, 0.1) is 5.41 Å². The molecule has 0 aromatic carbocycles. The summed E-state index contributed by atoms with van der Waals surface area (Å²) in [6.07, 6.45) is 5.20. The summed E-state index contributed by atoms with van der Waals surface area (Å²) in [4.78, 5) is 17.4. The highest BCUT2D eigenvalue weighted by Gasteiger charge is 2.34. The summed E-state index contributed by atoms with van der Waals surface area (Å²) in [5, 5.41) is 3.21. The summed E-state index contributed by atoms with van der Waals surface area (Å²) in [6, 6.07) is 4.28. The zero-order valence-electron chi connectivity index (χ0n) is 14.5. The highest BCUT2D eigenvalue weighted by atomic mass is 16.3. The number of carbonyl (C=O) groups is 1. The number of nitrogens with one attached hydrogen (secondary N) is 1. The third-order valence-corrected chi connectivity index (χ3v) is 5.05. The number of rotatable bonds is 2. The Morgan fingerprint density at radius 2 is 2.09 bits per heavy atom. The largest absolute Gasteiger partial charge is 0.467 e. The van der Waals surface area contributed by atoms with Crippen molar-refractivity contribution in [2.75, 3.05) is 26.2 Å². The smallest absolute Gasteiger partial charge is 0.318 e. The zero-order chi connectivity index (χ0) is 16.4. The lowest BCUT2D eigenvalue weighted by Gasteiger charge is -2.33. The summed E-state index contributed by atoms with van der Waals surface area (Å²) < 4.78 is 5.56. The molecule has 128 valence electrons. The molecule has 5 nitrogen and oxygen atoms in total. The van der Waals surface area contributed by atoms with Gasteiger partial charge in [-0.15, -0.1) is 0 Å². The Balaban J connectivity index is 1.69. The van der Waals surface area contributed by atoms with Crippen LogP contribution in [-0.4, -0.2) is 48.1 Å². The molecule has 23 heavy (non-hydrogen) atoms. The van der Waals surface area contributed by atoms with E-state index in [0.29, 0.717) is 6.04 Å². The molecule has 2 aliphatic rings. The second-order valence-electron chi connectivity index (χ2n) is 7.90. The van der Waals surface area contributed by atoms with Crippen molar-refractivity contribution >= 4 is 6.03 Å². The van der Waals surface area contributed by atoms with Crippen molar-refractivity contribution in [3.63, 3.8) is 0 Å². The summed E-state index contributed by atoms with van der Waals surface area (Å²) in [7, 11) is 0. The van der Waals surface area contributed by atoms with Crippen molar-refractivity contribution in [1.29, 1.82) is 0 Å². The molecule has 3 rings (SSSR count). The molecular weight excluding hydrogens is 290 g/mol. The van der Waals surface area contributed by atoms with Gasteiger partial charge in [0, 0.05) is 25.7 Å². The molecule has 1 N–H and O–H groups in total. The minimum absolute atomic E-state index is 0.0371. The molecule has 2 aliphatic heterocycles. The first-order valence-corrected chi connectivity index (χ1v) is 8.78. The average Bonchev–Trinajstić information content (AvgIpc) is 3.11. The zero-order valence-corrected chi connectivity index (χ0v) is 14.5. The van der Waals surface area contributed by atoms with Gasteiger partial charge < -0.3 is 14.6 Å². The maximum atomic E-state index is 12.8. The third kappa shape index (κ3) is 3.71. The van der Waals surface area contributed by atoms with Gasteiger partial charge >= 0.3 is 6.03 Å². The van der Waals surface area contributed by atoms with Crippen molar-refractivity contribution in [2.24, 2.45) is 5.41 Å². The van der Waals surface area contributed by atoms with Crippen LogP contribution in [0.5, 0.6) is 0 Å². The Morgan fingerprint density at radius 3 is 2.78 bits per heavy atom. The summed E-state index contributed by atoms with van der Waals surface area (Å²) in [5.41, 5.74) is -0.0985. The Morgan fingerprint density at radius 1 is 1.30 bits per heavy atom. The fourth-order valence-electron chi connectivity index (χ4n) is 3.78. The number of hydrogen-bond donors (Lipinski definition) is 1. The summed E-state index contributed by atoms with van der Waals surface area (Å²) in [6.45, 7) is 10.4. The van der Waals surface area contributed by atoms with Gasteiger partial charge in [-0.25, -0.2) is 4.79 Å². The van der Waals surface area contributed by atoms with Crippen LogP contribution in [0.1, 0.15) is 51.8 Å². The first kappa shape index (κ1) is 16.4. The Bertz CT molecular complexity index is 521. The molecule has 2 atom stereocenters. The molecule has 3 heterocycles. The number of amides is 2. The molecule has 2 fully saturated rings. The molecule has 2 saturated heterocycles. The monoisotopic (exact) mass is 319 g/mol. The maximum absolute atomic E-state index is 12.8. The fourth-order valence-corrected chi connectivity index (χ4v) is 3.78. The van der Waals surface area contributed by atoms with E-state index in [0.717, 1.165) is 31.8 Å². The summed E-state index contributed by atoms with van der Waals surface area (Å²) in [5.74, 6) is 0.822. The lowest BCUT2D eigenvalue weighted by molar-refractivity contribution is 0.167. The van der Waals surface area contributed by atoms with Crippen LogP contribution in [0.25, 0.3) is 0 Å². The molecule has 0 bridgehead atoms. The van der Waals surface area contributed by atoms with E-state index in [2.05, 4.69) is 31.0 Å². The molecule has 1 aromatic heterocycles. The maximum Gasteiger partial charge on any atom is 0.318 e. The molecule has 0 spiro atoms. The molecule has 2 amide bonds. The van der Waals surface area contributed by atoms with Crippen LogP contribution in [0.15, 0.2) is 22.8 Å². The molecule has 0 unspecified atom stereocenters. The van der Waals surface area contributed by atoms with Gasteiger partial charge in [0.2, 0.25) is 0 Å². The molecule has 5 heteroatoms. The molecule has 0 radical (unpaired) electrons. The van der Waals surface area contributed by atoms with Gasteiger partial charge in [0.15, 0.2) is 0 Å². The van der Waals surface area contributed by atoms with Gasteiger partial charge in [-0.3, -0.25) is 4.90 Å². The van der Waals surface area contributed by atoms with Gasteiger partial charge in [0.1, 0.15) is 5.76 Å². The van der Waals surface area contributed by atoms with E-state index in [4.69, 9.17) is 4.42 Å². The van der Waals surface area contributed by atoms with Crippen molar-refractivity contribution in [1.82, 2.24) is 15.1 Å². The van der Waals surface area contributed by atoms with Crippen molar-refractivity contribution in [3.8, 4) is 0 Å². The molecule has 0 aliphatic carbocycles. The van der Waals surface area contributed by atoms with E-state index in [1.807, 2.05) is 17.0 Å². The normalized spacial score (nSPS) is 24.1. The first-order valence-electron chi connectivity index (χ1n) is 8.78. The standard InChI is InChI=1S/C18H29N3O2/c1-18(2,3)16(15-8-5-12-23-15)19-17(22)21-11-6-10-20-9-4-7-14(20)13-21/h5,8,12,14,16H,4,6-7,9-11,13H2,1-3H3,(H,19,22)/t14-,16+/m0/s1. The number of furan rings is 1. The van der Waals surface area contributed by atoms with E-state index >= 15 is 0 Å². The van der Waals surface area contributed by atoms with E-state index in [9.17, 15) is 4.79 Å². The average molecular weight is 319 g/mol. The minimum Gasteiger partial charge on any atom is -0.467 e. The van der Waals surface area contributed by atoms with Crippen LogP contribution in [0.3, 0.4) is 0 Å². The van der Waals surface area contributed by atoms with Gasteiger partial charge in [-0.1, -0.05) is 20.8 Å². The quantitative estimate of drug-likeness (QED) is 0.910. The van der Waals surface area contributed by atoms with Crippen molar-refractivity contribution < 1.29 is 9.21 Å². The van der Waals surface area contributed by atoms with Gasteiger partial charge in [-0.2, -0.15) is 0 Å². The van der Waals surface area contributed by atoms with Crippen LogP contribution >= 0.6 is 0 Å². The van der Waals surface area contributed by atoms with Crippen LogP contribution < -0.4 is 5.32 Å². The van der Waals surface area contributed by atoms with Crippen molar-refractivity contribution in [3.05, 3.63) is 24.2 Å². The Kier molecular flexibility index (Phi) is 4.67. The highest BCUT2D eigenvalue weighted by molar-refractivity contribution is 5.74. The summed E-state index contributed by atoms with van der Waals surface area (Å²) >= 11 is 0. The van der Waals surface area contributed by atoms with Gasteiger partial charge in [-0.05, 0) is 43.4 Å². The van der Waals surface area contributed by atoms with Crippen LogP contribution in [0.4, 0.5) is 4.79 Å². The van der Waals surface area contributed by atoms with Gasteiger partial charge in [0.25, 0.3) is 0 Å². The first-order chi connectivity index (χ1) is 10.9. The Labute approximate surface area is 139 Å². The van der Waals surface area contributed by atoms with Gasteiger partial charge in [0.05, 0.1) is 12.3 Å². The SMILES string of the molecule is CC(C)(C)[C@H](NC(=O)N1CCCN2CCC[C@H]2C1)c1ccco1. The van der Waals surface area contributed by atoms with E-state index in [1.165, 1.54) is 19.4 Å². The lowest BCUT2D eigenvalue weighted by Crippen LogP contribution is -2.47. The number of carbonyl (C=O) groups excluding carboxylic acids is 1. The molecular formula is C18H29N3O2. The minimum atomic E-state index is -0.118. The fraction of sp³-hybridized carbons (Fsp3) is 0.722. The van der Waals surface area contributed by atoms with Crippen LogP contribution in [-0.2, 0) is 0 Å². The van der Waals surface area contributed by atoms with E-state index in [-0.39, 0.29) is 17.5 Å². The highest BCUT2D eigenvalue weighted by Crippen LogP contribution is 2.33. The second kappa shape index (κ2) is 6.56. The number of fused-ring (bicyclic) bond motifs is 1. The molecule has 1 aromatic rings. The van der Waals surface area contributed by atoms with E-state index in [1.54, 1.807) is 6.26 Å². The van der Waals surface area contributed by atoms with Crippen molar-refractivity contribution in [2.45, 2.75) is 52.1 Å². The second-order valence-corrected chi connectivity index (χ2v) is 7.90. The topological polar surface area (TPSA) is 48.7 Å².